The lowest BCUT2D eigenvalue weighted by Gasteiger charge is -2.20. The molecule has 3 aromatic rings. The Labute approximate surface area is 199 Å². The number of aliphatic hydroxyl groups excluding tert-OH is 1. The van der Waals surface area contributed by atoms with Gasteiger partial charge in [-0.1, -0.05) is 25.4 Å². The van der Waals surface area contributed by atoms with E-state index in [1.165, 1.54) is 20.2 Å². The van der Waals surface area contributed by atoms with Gasteiger partial charge in [0.2, 0.25) is 5.91 Å². The zero-order chi connectivity index (χ0) is 25.2. The number of aliphatic hydroxyl groups is 1. The van der Waals surface area contributed by atoms with E-state index in [1.807, 2.05) is 13.8 Å². The van der Waals surface area contributed by atoms with Crippen molar-refractivity contribution >= 4 is 23.2 Å². The maximum atomic E-state index is 13.2. The third kappa shape index (κ3) is 5.20. The van der Waals surface area contributed by atoms with Crippen LogP contribution in [0.1, 0.15) is 49.4 Å². The molecule has 0 saturated carbocycles. The number of rotatable bonds is 8. The van der Waals surface area contributed by atoms with E-state index in [2.05, 4.69) is 15.4 Å². The fourth-order valence-electron chi connectivity index (χ4n) is 3.67. The fraction of sp³-hybridized carbons (Fsp3) is 0.409. The number of alkyl halides is 3. The number of hydrogen-bond acceptors (Lipinski definition) is 5. The van der Waals surface area contributed by atoms with Crippen molar-refractivity contribution in [3.63, 3.8) is 0 Å². The van der Waals surface area contributed by atoms with Gasteiger partial charge < -0.3 is 19.7 Å². The van der Waals surface area contributed by atoms with Gasteiger partial charge in [-0.2, -0.15) is 18.3 Å². The molecule has 2 aromatic heterocycles. The highest BCUT2D eigenvalue weighted by Gasteiger charge is 2.36. The molecule has 0 saturated heterocycles. The van der Waals surface area contributed by atoms with E-state index < -0.39 is 30.4 Å². The Bertz CT molecular complexity index is 1170. The van der Waals surface area contributed by atoms with Crippen LogP contribution in [0.3, 0.4) is 0 Å². The molecule has 3 rings (SSSR count). The summed E-state index contributed by atoms with van der Waals surface area (Å²) < 4.78 is 47.3. The van der Waals surface area contributed by atoms with E-state index in [9.17, 15) is 23.1 Å². The lowest BCUT2D eigenvalue weighted by molar-refractivity contribution is -0.141. The van der Waals surface area contributed by atoms with Crippen LogP contribution < -0.4 is 10.1 Å². The highest BCUT2D eigenvalue weighted by atomic mass is 35.5. The zero-order valence-electron chi connectivity index (χ0n) is 19.0. The number of carbonyl (C=O) groups is 1. The van der Waals surface area contributed by atoms with Crippen LogP contribution in [0.25, 0.3) is 5.69 Å². The predicted molar refractivity (Wildman–Crippen MR) is 121 cm³/mol. The minimum Gasteiger partial charge on any atom is -0.495 e. The van der Waals surface area contributed by atoms with Crippen molar-refractivity contribution in [2.45, 2.75) is 45.3 Å². The molecule has 0 fully saturated rings. The van der Waals surface area contributed by atoms with Gasteiger partial charge in [0.1, 0.15) is 17.6 Å². The van der Waals surface area contributed by atoms with Crippen molar-refractivity contribution in [2.24, 2.45) is 0 Å². The molecule has 184 valence electrons. The summed E-state index contributed by atoms with van der Waals surface area (Å²) in [5.74, 6) is -0.219. The summed E-state index contributed by atoms with van der Waals surface area (Å²) in [7, 11) is 1.49. The van der Waals surface area contributed by atoms with E-state index in [0.29, 0.717) is 27.8 Å². The van der Waals surface area contributed by atoms with Gasteiger partial charge in [0.05, 0.1) is 35.4 Å². The number of carbonyl (C=O) groups excluding carboxylic acids is 1. The quantitative estimate of drug-likeness (QED) is 0.467. The van der Waals surface area contributed by atoms with Crippen LogP contribution in [0, 0.1) is 6.92 Å². The molecule has 0 unspecified atom stereocenters. The first-order valence-corrected chi connectivity index (χ1v) is 10.8. The molecule has 34 heavy (non-hydrogen) atoms. The average molecular weight is 500 g/mol. The lowest BCUT2D eigenvalue weighted by atomic mass is 10.1. The van der Waals surface area contributed by atoms with E-state index >= 15 is 0 Å². The van der Waals surface area contributed by atoms with Crippen molar-refractivity contribution in [3.8, 4) is 11.4 Å². The first kappa shape index (κ1) is 25.6. The summed E-state index contributed by atoms with van der Waals surface area (Å²) in [6, 6.07) is 4.01. The smallest absolute Gasteiger partial charge is 0.434 e. The van der Waals surface area contributed by atoms with Gasteiger partial charge in [-0.25, -0.2) is 9.67 Å². The number of hydrogen-bond donors (Lipinski definition) is 2. The second-order valence-electron chi connectivity index (χ2n) is 7.92. The molecule has 1 atom stereocenters. The number of halogens is 4. The summed E-state index contributed by atoms with van der Waals surface area (Å²) in [5, 5.41) is 17.0. The summed E-state index contributed by atoms with van der Waals surface area (Å²) in [6.07, 6.45) is -2.50. The Morgan fingerprint density at radius 3 is 2.59 bits per heavy atom. The Morgan fingerprint density at radius 2 is 2.03 bits per heavy atom. The maximum Gasteiger partial charge on any atom is 0.434 e. The van der Waals surface area contributed by atoms with Gasteiger partial charge in [-0.3, -0.25) is 4.79 Å². The number of nitrogens with one attached hydrogen (secondary N) is 1. The number of aromatic nitrogens is 4. The van der Waals surface area contributed by atoms with E-state index in [-0.39, 0.29) is 18.2 Å². The van der Waals surface area contributed by atoms with Crippen molar-refractivity contribution < 1.29 is 27.8 Å². The first-order valence-electron chi connectivity index (χ1n) is 10.4. The number of nitrogens with zero attached hydrogens (tertiary/aromatic N) is 4. The molecule has 0 spiro atoms. The van der Waals surface area contributed by atoms with Crippen molar-refractivity contribution in [1.29, 1.82) is 0 Å². The SMILES string of the molecule is COc1cc(-n2ncc(NC(=O)[C@H](CCO)n3cc(C(F)(F)F)nc3C)c2C(C)C)ccc1Cl. The van der Waals surface area contributed by atoms with E-state index in [0.717, 1.165) is 10.8 Å². The van der Waals surface area contributed by atoms with Crippen LogP contribution in [-0.4, -0.2) is 44.1 Å². The number of imidazole rings is 1. The monoisotopic (exact) mass is 499 g/mol. The molecule has 0 radical (unpaired) electrons. The zero-order valence-corrected chi connectivity index (χ0v) is 19.8. The highest BCUT2D eigenvalue weighted by Crippen LogP contribution is 2.33. The summed E-state index contributed by atoms with van der Waals surface area (Å²) in [6.45, 7) is 4.80. The van der Waals surface area contributed by atoms with Crippen LogP contribution in [0.5, 0.6) is 5.75 Å². The van der Waals surface area contributed by atoms with Crippen LogP contribution in [0.2, 0.25) is 5.02 Å². The van der Waals surface area contributed by atoms with Gasteiger partial charge in [0, 0.05) is 25.3 Å². The standard InChI is InChI=1S/C22H25ClF3N5O3/c1-12(2)20-16(10-27-31(20)14-5-6-15(23)18(9-14)34-4)29-21(33)17(7-8-32)30-11-19(22(24,25)26)28-13(30)3/h5-6,9-12,17,32H,7-8H2,1-4H3,(H,29,33)/t17-/m0/s1. The molecule has 0 aliphatic rings. The van der Waals surface area contributed by atoms with Crippen LogP contribution >= 0.6 is 11.6 Å². The molecule has 8 nitrogen and oxygen atoms in total. The van der Waals surface area contributed by atoms with Gasteiger partial charge in [0.15, 0.2) is 5.69 Å². The summed E-state index contributed by atoms with van der Waals surface area (Å²) in [5.41, 5.74) is 0.607. The fourth-order valence-corrected chi connectivity index (χ4v) is 3.86. The molecule has 12 heteroatoms. The van der Waals surface area contributed by atoms with Crippen LogP contribution in [0.15, 0.2) is 30.6 Å². The minimum absolute atomic E-state index is 0.00830. The second-order valence-corrected chi connectivity index (χ2v) is 8.33. The Hall–Kier alpha value is -3.05. The number of methoxy groups -OCH3 is 1. The van der Waals surface area contributed by atoms with E-state index in [1.54, 1.807) is 22.9 Å². The third-order valence-electron chi connectivity index (χ3n) is 5.24. The topological polar surface area (TPSA) is 94.2 Å². The number of ether oxygens (including phenoxy) is 1. The lowest BCUT2D eigenvalue weighted by Crippen LogP contribution is -2.28. The minimum atomic E-state index is -4.65. The normalized spacial score (nSPS) is 12.8. The average Bonchev–Trinajstić information content (AvgIpc) is 3.36. The Balaban J connectivity index is 1.97. The maximum absolute atomic E-state index is 13.2. The molecule has 0 aliphatic heterocycles. The number of amides is 1. The highest BCUT2D eigenvalue weighted by molar-refractivity contribution is 6.32. The van der Waals surface area contributed by atoms with Crippen LogP contribution in [0.4, 0.5) is 18.9 Å². The number of aryl methyl sites for hydroxylation is 1. The van der Waals surface area contributed by atoms with Gasteiger partial charge in [-0.05, 0) is 25.0 Å². The van der Waals surface area contributed by atoms with Gasteiger partial charge in [-0.15, -0.1) is 0 Å². The molecule has 2 heterocycles. The Kier molecular flexibility index (Phi) is 7.57. The summed E-state index contributed by atoms with van der Waals surface area (Å²) >= 11 is 6.12. The van der Waals surface area contributed by atoms with Gasteiger partial charge >= 0.3 is 6.18 Å². The van der Waals surface area contributed by atoms with Crippen molar-refractivity contribution in [3.05, 3.63) is 52.8 Å². The van der Waals surface area contributed by atoms with Crippen molar-refractivity contribution in [1.82, 2.24) is 19.3 Å². The molecule has 1 aromatic carbocycles. The third-order valence-corrected chi connectivity index (χ3v) is 5.55. The second kappa shape index (κ2) is 10.1. The molecule has 1 amide bonds. The predicted octanol–water partition coefficient (Wildman–Crippen LogP) is 4.74. The van der Waals surface area contributed by atoms with Crippen molar-refractivity contribution in [2.75, 3.05) is 19.0 Å². The molecular weight excluding hydrogens is 475 g/mol. The summed E-state index contributed by atoms with van der Waals surface area (Å²) in [4.78, 5) is 16.7. The Morgan fingerprint density at radius 1 is 1.32 bits per heavy atom. The molecular formula is C22H25ClF3N5O3. The molecule has 0 aliphatic carbocycles. The van der Waals surface area contributed by atoms with Crippen LogP contribution in [-0.2, 0) is 11.0 Å². The number of anilines is 1. The number of benzene rings is 1. The van der Waals surface area contributed by atoms with Gasteiger partial charge in [0.25, 0.3) is 0 Å². The molecule has 2 N–H and O–H groups in total. The first-order chi connectivity index (χ1) is 16.0. The largest absolute Gasteiger partial charge is 0.495 e. The molecule has 0 bridgehead atoms. The van der Waals surface area contributed by atoms with E-state index in [4.69, 9.17) is 16.3 Å².